The van der Waals surface area contributed by atoms with Gasteiger partial charge in [-0.25, -0.2) is 4.98 Å². The molecule has 0 unspecified atom stereocenters. The van der Waals surface area contributed by atoms with Crippen LogP contribution in [-0.2, 0) is 11.3 Å². The van der Waals surface area contributed by atoms with E-state index < -0.39 is 25.4 Å². The number of carboxylic acid groups (broad SMARTS) is 1. The highest BCUT2D eigenvalue weighted by molar-refractivity contribution is 6.29. The van der Waals surface area contributed by atoms with Crippen molar-refractivity contribution in [2.24, 2.45) is 0 Å². The van der Waals surface area contributed by atoms with Crippen molar-refractivity contribution in [2.75, 3.05) is 6.61 Å². The number of nitrogens with zero attached hydrogens (tertiary/aromatic N) is 1. The fourth-order valence-electron chi connectivity index (χ4n) is 1.03. The van der Waals surface area contributed by atoms with Crippen molar-refractivity contribution in [2.45, 2.75) is 12.8 Å². The van der Waals surface area contributed by atoms with E-state index >= 15 is 0 Å². The van der Waals surface area contributed by atoms with Gasteiger partial charge < -0.3 is 14.6 Å². The van der Waals surface area contributed by atoms with Gasteiger partial charge >= 0.3 is 6.18 Å². The molecule has 0 aliphatic rings. The molecule has 0 radical (unpaired) electrons. The van der Waals surface area contributed by atoms with Gasteiger partial charge in [-0.1, -0.05) is 11.6 Å². The predicted octanol–water partition coefficient (Wildman–Crippen LogP) is 1.18. The molecule has 0 bridgehead atoms. The summed E-state index contributed by atoms with van der Waals surface area (Å²) in [5.74, 6) is -1.56. The topological polar surface area (TPSA) is 62.2 Å². The molecule has 0 saturated heterocycles. The molecule has 94 valence electrons. The molecule has 0 aliphatic heterocycles. The summed E-state index contributed by atoms with van der Waals surface area (Å²) in [5, 5.41) is 10.6. The first kappa shape index (κ1) is 13.7. The molecule has 17 heavy (non-hydrogen) atoms. The number of pyridine rings is 1. The van der Waals surface area contributed by atoms with Gasteiger partial charge in [-0.3, -0.25) is 0 Å². The number of hydrogen-bond acceptors (Lipinski definition) is 4. The quantitative estimate of drug-likeness (QED) is 0.769. The minimum Gasteiger partial charge on any atom is -0.545 e. The second-order valence-corrected chi connectivity index (χ2v) is 3.41. The summed E-state index contributed by atoms with van der Waals surface area (Å²) in [5.41, 5.74) is -0.557. The van der Waals surface area contributed by atoms with E-state index in [2.05, 4.69) is 9.72 Å². The number of alkyl halides is 3. The Hall–Kier alpha value is -1.34. The normalized spacial score (nSPS) is 11.5. The molecule has 0 fully saturated rings. The number of halogens is 4. The zero-order valence-corrected chi connectivity index (χ0v) is 9.01. The maximum absolute atomic E-state index is 11.8. The smallest absolute Gasteiger partial charge is 0.411 e. The first-order valence-electron chi connectivity index (χ1n) is 4.31. The average Bonchev–Trinajstić information content (AvgIpc) is 2.15. The van der Waals surface area contributed by atoms with Gasteiger partial charge in [0.05, 0.1) is 18.3 Å². The summed E-state index contributed by atoms with van der Waals surface area (Å²) < 4.78 is 39.7. The van der Waals surface area contributed by atoms with E-state index in [1.165, 1.54) is 6.07 Å². The Morgan fingerprint density at radius 1 is 1.47 bits per heavy atom. The minimum atomic E-state index is -4.49. The van der Waals surface area contributed by atoms with Crippen LogP contribution in [0.15, 0.2) is 12.1 Å². The standard InChI is InChI=1S/C9H7ClF3NO3/c10-7-2-1-5(8(15)16)6(14-7)3-17-4-9(11,12)13/h1-2H,3-4H2,(H,15,16)/p-1. The Balaban J connectivity index is 2.75. The number of hydrogen-bond donors (Lipinski definition) is 0. The van der Waals surface area contributed by atoms with E-state index in [0.717, 1.165) is 6.07 Å². The van der Waals surface area contributed by atoms with Gasteiger partial charge in [0.2, 0.25) is 0 Å². The average molecular weight is 269 g/mol. The summed E-state index contributed by atoms with van der Waals surface area (Å²) in [6, 6.07) is 2.29. The largest absolute Gasteiger partial charge is 0.545 e. The maximum atomic E-state index is 11.8. The second kappa shape index (κ2) is 5.33. The highest BCUT2D eigenvalue weighted by atomic mass is 35.5. The second-order valence-electron chi connectivity index (χ2n) is 3.02. The summed E-state index contributed by atoms with van der Waals surface area (Å²) in [7, 11) is 0. The van der Waals surface area contributed by atoms with E-state index in [-0.39, 0.29) is 16.4 Å². The fraction of sp³-hybridized carbons (Fsp3) is 0.333. The van der Waals surface area contributed by atoms with Crippen LogP contribution in [0.1, 0.15) is 16.1 Å². The van der Waals surface area contributed by atoms with Gasteiger partial charge in [0.25, 0.3) is 0 Å². The number of ether oxygens (including phenoxy) is 1. The Morgan fingerprint density at radius 3 is 2.65 bits per heavy atom. The van der Waals surface area contributed by atoms with Gasteiger partial charge in [-0.05, 0) is 12.1 Å². The number of aromatic carboxylic acids is 1. The summed E-state index contributed by atoms with van der Waals surface area (Å²) >= 11 is 5.49. The zero-order valence-electron chi connectivity index (χ0n) is 8.25. The van der Waals surface area contributed by atoms with E-state index in [9.17, 15) is 23.1 Å². The van der Waals surface area contributed by atoms with E-state index in [1.807, 2.05) is 0 Å². The van der Waals surface area contributed by atoms with E-state index in [4.69, 9.17) is 11.6 Å². The number of aromatic nitrogens is 1. The third kappa shape index (κ3) is 4.58. The molecule has 1 rings (SSSR count). The molecule has 8 heteroatoms. The van der Waals surface area contributed by atoms with Crippen molar-refractivity contribution >= 4 is 17.6 Å². The van der Waals surface area contributed by atoms with Crippen LogP contribution in [0, 0.1) is 0 Å². The molecule has 0 aliphatic carbocycles. The molecule has 0 saturated carbocycles. The summed E-state index contributed by atoms with van der Waals surface area (Å²) in [4.78, 5) is 14.2. The van der Waals surface area contributed by atoms with Crippen molar-refractivity contribution < 1.29 is 27.8 Å². The molecule has 1 aromatic heterocycles. The fourth-order valence-corrected chi connectivity index (χ4v) is 1.20. The summed E-state index contributed by atoms with van der Waals surface area (Å²) in [6.07, 6.45) is -4.49. The van der Waals surface area contributed by atoms with Crippen molar-refractivity contribution in [3.05, 3.63) is 28.5 Å². The van der Waals surface area contributed by atoms with Crippen LogP contribution in [0.5, 0.6) is 0 Å². The van der Waals surface area contributed by atoms with Gasteiger partial charge in [0.15, 0.2) is 0 Å². The molecule has 0 spiro atoms. The highest BCUT2D eigenvalue weighted by Gasteiger charge is 2.27. The Morgan fingerprint density at radius 2 is 2.12 bits per heavy atom. The number of rotatable bonds is 4. The zero-order chi connectivity index (χ0) is 13.1. The lowest BCUT2D eigenvalue weighted by atomic mass is 10.2. The third-order valence-corrected chi connectivity index (χ3v) is 1.88. The molecule has 0 atom stereocenters. The van der Waals surface area contributed by atoms with Crippen molar-refractivity contribution in [1.82, 2.24) is 4.98 Å². The molecule has 0 aromatic carbocycles. The van der Waals surface area contributed by atoms with Gasteiger partial charge in [0, 0.05) is 5.56 Å². The maximum Gasteiger partial charge on any atom is 0.411 e. The molecule has 0 amide bonds. The van der Waals surface area contributed by atoms with E-state index in [0.29, 0.717) is 0 Å². The molecule has 4 nitrogen and oxygen atoms in total. The lowest BCUT2D eigenvalue weighted by Crippen LogP contribution is -2.25. The lowest BCUT2D eigenvalue weighted by Gasteiger charge is -2.11. The number of carboxylic acids is 1. The van der Waals surface area contributed by atoms with Crippen molar-refractivity contribution in [3.8, 4) is 0 Å². The van der Waals surface area contributed by atoms with Crippen LogP contribution in [0.4, 0.5) is 13.2 Å². The van der Waals surface area contributed by atoms with Gasteiger partial charge in [-0.15, -0.1) is 0 Å². The molecular formula is C9H6ClF3NO3-. The Kier molecular flexibility index (Phi) is 4.30. The van der Waals surface area contributed by atoms with Crippen LogP contribution in [0.2, 0.25) is 5.15 Å². The monoisotopic (exact) mass is 268 g/mol. The first-order valence-corrected chi connectivity index (χ1v) is 4.68. The van der Waals surface area contributed by atoms with Crippen LogP contribution in [0.3, 0.4) is 0 Å². The lowest BCUT2D eigenvalue weighted by molar-refractivity contribution is -0.255. The van der Waals surface area contributed by atoms with Crippen LogP contribution in [-0.4, -0.2) is 23.7 Å². The van der Waals surface area contributed by atoms with Crippen molar-refractivity contribution in [1.29, 1.82) is 0 Å². The number of carbonyl (C=O) groups is 1. The van der Waals surface area contributed by atoms with E-state index in [1.54, 1.807) is 0 Å². The SMILES string of the molecule is O=C([O-])c1ccc(Cl)nc1COCC(F)(F)F. The molecular weight excluding hydrogens is 263 g/mol. The highest BCUT2D eigenvalue weighted by Crippen LogP contribution is 2.17. The summed E-state index contributed by atoms with van der Waals surface area (Å²) in [6.45, 7) is -2.10. The van der Waals surface area contributed by atoms with Crippen LogP contribution < -0.4 is 5.11 Å². The van der Waals surface area contributed by atoms with Crippen LogP contribution >= 0.6 is 11.6 Å². The predicted molar refractivity (Wildman–Crippen MR) is 49.3 cm³/mol. The van der Waals surface area contributed by atoms with Gasteiger partial charge in [0.1, 0.15) is 11.8 Å². The molecule has 1 aromatic rings. The molecule has 1 heterocycles. The minimum absolute atomic E-state index is 0.0411. The third-order valence-electron chi connectivity index (χ3n) is 1.66. The van der Waals surface area contributed by atoms with Gasteiger partial charge in [-0.2, -0.15) is 13.2 Å². The first-order chi connectivity index (χ1) is 7.79. The molecule has 0 N–H and O–H groups in total. The van der Waals surface area contributed by atoms with Crippen LogP contribution in [0.25, 0.3) is 0 Å². The Bertz CT molecular complexity index is 422. The van der Waals surface area contributed by atoms with Crippen molar-refractivity contribution in [3.63, 3.8) is 0 Å². The number of carbonyl (C=O) groups excluding carboxylic acids is 1. The Labute approximate surface area is 99.0 Å².